The highest BCUT2D eigenvalue weighted by molar-refractivity contribution is 5.49. The number of piperazine rings is 1. The van der Waals surface area contributed by atoms with Gasteiger partial charge >= 0.3 is 0 Å². The molecule has 0 amide bonds. The molecule has 1 aliphatic heterocycles. The maximum absolute atomic E-state index is 13.5. The Balaban J connectivity index is 2.35. The summed E-state index contributed by atoms with van der Waals surface area (Å²) in [4.78, 5) is 2.00. The molecule has 0 spiro atoms. The maximum Gasteiger partial charge on any atom is 0.194 e. The average molecular weight is 300 g/mol. The monoisotopic (exact) mass is 300 g/mol. The van der Waals surface area contributed by atoms with Crippen LogP contribution in [0.3, 0.4) is 0 Å². The van der Waals surface area contributed by atoms with Gasteiger partial charge in [0.05, 0.1) is 0 Å². The molecule has 1 heterocycles. The van der Waals surface area contributed by atoms with Gasteiger partial charge in [0.15, 0.2) is 17.5 Å². The lowest BCUT2D eigenvalue weighted by Gasteiger charge is -2.45. The Morgan fingerprint density at radius 3 is 2.10 bits per heavy atom. The van der Waals surface area contributed by atoms with Gasteiger partial charge in [0, 0.05) is 43.0 Å². The number of hydrogen-bond acceptors (Lipinski definition) is 2. The van der Waals surface area contributed by atoms with Crippen molar-refractivity contribution in [1.29, 1.82) is 0 Å². The van der Waals surface area contributed by atoms with E-state index in [-0.39, 0.29) is 12.1 Å². The van der Waals surface area contributed by atoms with Gasteiger partial charge in [0.25, 0.3) is 0 Å². The second-order valence-electron chi connectivity index (χ2n) is 6.45. The molecule has 1 N–H and O–H groups in total. The average Bonchev–Trinajstić information content (AvgIpc) is 2.43. The standard InChI is InChI=1S/C16H23F3N2/c1-9(2)14-8-21(15(7-20-14)10(3)4)11-5-12(17)16(19)13(18)6-11/h5-6,9-10,14-15,20H,7-8H2,1-4H3. The summed E-state index contributed by atoms with van der Waals surface area (Å²) in [7, 11) is 0. The molecule has 2 rings (SSSR count). The first-order chi connectivity index (χ1) is 9.81. The quantitative estimate of drug-likeness (QED) is 0.859. The fourth-order valence-electron chi connectivity index (χ4n) is 2.84. The molecule has 1 aromatic rings. The number of hydrogen-bond donors (Lipinski definition) is 1. The fraction of sp³-hybridized carbons (Fsp3) is 0.625. The second-order valence-corrected chi connectivity index (χ2v) is 6.45. The minimum absolute atomic E-state index is 0.129. The molecule has 2 unspecified atom stereocenters. The highest BCUT2D eigenvalue weighted by Gasteiger charge is 2.32. The molecule has 21 heavy (non-hydrogen) atoms. The van der Waals surface area contributed by atoms with Crippen LogP contribution < -0.4 is 10.2 Å². The van der Waals surface area contributed by atoms with Crippen molar-refractivity contribution in [2.45, 2.75) is 39.8 Å². The third-order valence-electron chi connectivity index (χ3n) is 4.26. The number of benzene rings is 1. The summed E-state index contributed by atoms with van der Waals surface area (Å²) >= 11 is 0. The van der Waals surface area contributed by atoms with Gasteiger partial charge in [-0.25, -0.2) is 13.2 Å². The Labute approximate surface area is 124 Å². The number of nitrogens with zero attached hydrogens (tertiary/aromatic N) is 1. The van der Waals surface area contributed by atoms with E-state index in [0.29, 0.717) is 24.1 Å². The maximum atomic E-state index is 13.5. The van der Waals surface area contributed by atoms with E-state index in [4.69, 9.17) is 0 Å². The Morgan fingerprint density at radius 1 is 1.05 bits per heavy atom. The fourth-order valence-corrected chi connectivity index (χ4v) is 2.84. The van der Waals surface area contributed by atoms with E-state index in [1.54, 1.807) is 0 Å². The van der Waals surface area contributed by atoms with Crippen LogP contribution in [-0.2, 0) is 0 Å². The molecule has 2 nitrogen and oxygen atoms in total. The van der Waals surface area contributed by atoms with Crippen LogP contribution in [0.1, 0.15) is 27.7 Å². The first kappa shape index (κ1) is 16.1. The lowest BCUT2D eigenvalue weighted by molar-refractivity contribution is 0.295. The molecule has 1 saturated heterocycles. The third-order valence-corrected chi connectivity index (χ3v) is 4.26. The summed E-state index contributed by atoms with van der Waals surface area (Å²) < 4.78 is 40.2. The van der Waals surface area contributed by atoms with E-state index in [1.807, 2.05) is 4.90 Å². The van der Waals surface area contributed by atoms with Crippen molar-refractivity contribution in [2.75, 3.05) is 18.0 Å². The van der Waals surface area contributed by atoms with Gasteiger partial charge in [-0.05, 0) is 11.8 Å². The Morgan fingerprint density at radius 2 is 1.62 bits per heavy atom. The van der Waals surface area contributed by atoms with Crippen molar-refractivity contribution >= 4 is 5.69 Å². The van der Waals surface area contributed by atoms with Gasteiger partial charge < -0.3 is 10.2 Å². The van der Waals surface area contributed by atoms with Gasteiger partial charge in [0.2, 0.25) is 0 Å². The molecule has 5 heteroatoms. The highest BCUT2D eigenvalue weighted by atomic mass is 19.2. The summed E-state index contributed by atoms with van der Waals surface area (Å²) in [6.07, 6.45) is 0. The molecule has 2 atom stereocenters. The Bertz CT molecular complexity index is 479. The number of rotatable bonds is 3. The van der Waals surface area contributed by atoms with E-state index in [0.717, 1.165) is 18.7 Å². The molecule has 0 radical (unpaired) electrons. The summed E-state index contributed by atoms with van der Waals surface area (Å²) in [5.41, 5.74) is 0.414. The Kier molecular flexibility index (Phi) is 4.81. The van der Waals surface area contributed by atoms with Crippen molar-refractivity contribution in [3.63, 3.8) is 0 Å². The topological polar surface area (TPSA) is 15.3 Å². The first-order valence-corrected chi connectivity index (χ1v) is 7.45. The van der Waals surface area contributed by atoms with E-state index < -0.39 is 17.5 Å². The van der Waals surface area contributed by atoms with Crippen molar-refractivity contribution in [3.8, 4) is 0 Å². The number of halogens is 3. The lowest BCUT2D eigenvalue weighted by Crippen LogP contribution is -2.60. The van der Waals surface area contributed by atoms with Gasteiger partial charge in [-0.3, -0.25) is 0 Å². The zero-order valence-electron chi connectivity index (χ0n) is 13.0. The first-order valence-electron chi connectivity index (χ1n) is 7.45. The number of anilines is 1. The normalized spacial score (nSPS) is 23.2. The molecule has 1 aliphatic rings. The summed E-state index contributed by atoms with van der Waals surface area (Å²) in [6, 6.07) is 2.56. The zero-order valence-corrected chi connectivity index (χ0v) is 13.0. The van der Waals surface area contributed by atoms with Crippen molar-refractivity contribution in [2.24, 2.45) is 11.8 Å². The van der Waals surface area contributed by atoms with E-state index in [2.05, 4.69) is 33.0 Å². The molecule has 0 aliphatic carbocycles. The highest BCUT2D eigenvalue weighted by Crippen LogP contribution is 2.28. The van der Waals surface area contributed by atoms with E-state index in [9.17, 15) is 13.2 Å². The zero-order chi connectivity index (χ0) is 15.7. The van der Waals surface area contributed by atoms with Crippen LogP contribution in [0, 0.1) is 29.3 Å². The molecule has 1 fully saturated rings. The van der Waals surface area contributed by atoms with E-state index in [1.165, 1.54) is 0 Å². The molecule has 0 aromatic heterocycles. The van der Waals surface area contributed by atoms with Gasteiger partial charge in [-0.1, -0.05) is 27.7 Å². The van der Waals surface area contributed by atoms with Crippen molar-refractivity contribution in [1.82, 2.24) is 5.32 Å². The molecule has 0 bridgehead atoms. The summed E-state index contributed by atoms with van der Waals surface area (Å²) in [5.74, 6) is -2.94. The Hall–Kier alpha value is -1.23. The second kappa shape index (κ2) is 6.26. The summed E-state index contributed by atoms with van der Waals surface area (Å²) in [6.45, 7) is 9.78. The summed E-state index contributed by atoms with van der Waals surface area (Å²) in [5, 5.41) is 3.49. The minimum atomic E-state index is -1.41. The minimum Gasteiger partial charge on any atom is -0.365 e. The van der Waals surface area contributed by atoms with Crippen molar-refractivity contribution in [3.05, 3.63) is 29.6 Å². The van der Waals surface area contributed by atoms with Crippen LogP contribution in [0.15, 0.2) is 12.1 Å². The largest absolute Gasteiger partial charge is 0.365 e. The van der Waals surface area contributed by atoms with Gasteiger partial charge in [-0.2, -0.15) is 0 Å². The predicted octanol–water partition coefficient (Wildman–Crippen LogP) is 3.56. The lowest BCUT2D eigenvalue weighted by atomic mass is 9.93. The SMILES string of the molecule is CC(C)C1CN(c2cc(F)c(F)c(F)c2)C(C(C)C)CN1. The predicted molar refractivity (Wildman–Crippen MR) is 78.9 cm³/mol. The number of nitrogens with one attached hydrogen (secondary N) is 1. The van der Waals surface area contributed by atoms with Crippen LogP contribution in [0.4, 0.5) is 18.9 Å². The molecule has 1 aromatic carbocycles. The smallest absolute Gasteiger partial charge is 0.194 e. The van der Waals surface area contributed by atoms with Crippen LogP contribution in [0.2, 0.25) is 0 Å². The van der Waals surface area contributed by atoms with Crippen LogP contribution >= 0.6 is 0 Å². The van der Waals surface area contributed by atoms with E-state index >= 15 is 0 Å². The van der Waals surface area contributed by atoms with Gasteiger partial charge in [0.1, 0.15) is 0 Å². The van der Waals surface area contributed by atoms with Crippen LogP contribution in [-0.4, -0.2) is 25.2 Å². The molecular weight excluding hydrogens is 277 g/mol. The van der Waals surface area contributed by atoms with Crippen LogP contribution in [0.5, 0.6) is 0 Å². The van der Waals surface area contributed by atoms with Crippen molar-refractivity contribution < 1.29 is 13.2 Å². The molecule has 0 saturated carbocycles. The van der Waals surface area contributed by atoms with Crippen LogP contribution in [0.25, 0.3) is 0 Å². The van der Waals surface area contributed by atoms with Gasteiger partial charge in [-0.15, -0.1) is 0 Å². The molecular formula is C16H23F3N2. The third kappa shape index (κ3) is 3.34. The molecule has 118 valence electrons.